The van der Waals surface area contributed by atoms with Gasteiger partial charge in [0.05, 0.1) is 11.7 Å². The van der Waals surface area contributed by atoms with E-state index in [1.54, 1.807) is 0 Å². The number of hydrogen-bond donors (Lipinski definition) is 1. The second kappa shape index (κ2) is 3.82. The van der Waals surface area contributed by atoms with Crippen molar-refractivity contribution in [2.24, 2.45) is 0 Å². The lowest BCUT2D eigenvalue weighted by Gasteiger charge is -2.07. The summed E-state index contributed by atoms with van der Waals surface area (Å²) >= 11 is 1.23. The van der Waals surface area contributed by atoms with Crippen molar-refractivity contribution in [2.45, 2.75) is 6.92 Å². The Morgan fingerprint density at radius 1 is 1.06 bits per heavy atom. The molecule has 0 radical (unpaired) electrons. The quantitative estimate of drug-likeness (QED) is 0.665. The number of hydrogen-bond acceptors (Lipinski definition) is 4. The largest absolute Gasteiger partial charge is 0.398 e. The molecule has 0 amide bonds. The summed E-state index contributed by atoms with van der Waals surface area (Å²) in [6.07, 6.45) is 0. The first-order chi connectivity index (χ1) is 8.25. The average Bonchev–Trinajstić information content (AvgIpc) is 2.80. The third-order valence-electron chi connectivity index (χ3n) is 2.78. The van der Waals surface area contributed by atoms with Gasteiger partial charge in [0.1, 0.15) is 11.0 Å². The molecule has 4 heteroatoms. The normalized spacial score (nSPS) is 10.9. The Bertz CT molecular complexity index is 688. The zero-order chi connectivity index (χ0) is 11.8. The molecule has 84 valence electrons. The molecule has 17 heavy (non-hydrogen) atoms. The second-order valence-corrected chi connectivity index (χ2v) is 4.56. The first kappa shape index (κ1) is 10.2. The van der Waals surface area contributed by atoms with Crippen LogP contribution >= 0.6 is 11.7 Å². The van der Waals surface area contributed by atoms with E-state index in [1.165, 1.54) is 17.3 Å². The summed E-state index contributed by atoms with van der Waals surface area (Å²) in [4.78, 5) is 0. The van der Waals surface area contributed by atoms with E-state index in [-0.39, 0.29) is 0 Å². The Hall–Kier alpha value is -1.94. The van der Waals surface area contributed by atoms with Crippen LogP contribution in [0.15, 0.2) is 36.4 Å². The highest BCUT2D eigenvalue weighted by atomic mass is 32.1. The van der Waals surface area contributed by atoms with Gasteiger partial charge in [-0.05, 0) is 25.1 Å². The van der Waals surface area contributed by atoms with Crippen molar-refractivity contribution >= 4 is 28.4 Å². The number of nitrogen functional groups attached to an aromatic ring is 1. The van der Waals surface area contributed by atoms with Crippen molar-refractivity contribution in [3.05, 3.63) is 42.0 Å². The fourth-order valence-corrected chi connectivity index (χ4v) is 2.48. The van der Waals surface area contributed by atoms with E-state index in [1.807, 2.05) is 30.3 Å². The summed E-state index contributed by atoms with van der Waals surface area (Å²) in [6.45, 7) is 2.06. The number of benzene rings is 2. The molecule has 3 rings (SSSR count). The molecule has 0 saturated carbocycles. The number of nitrogens with zero attached hydrogens (tertiary/aromatic N) is 2. The highest BCUT2D eigenvalue weighted by molar-refractivity contribution is 7.00. The second-order valence-electron chi connectivity index (χ2n) is 4.03. The SMILES string of the molecule is Cc1ccc(N)c(-c2cccc3nsnc23)c1. The maximum Gasteiger partial charge on any atom is 0.112 e. The van der Waals surface area contributed by atoms with E-state index in [4.69, 9.17) is 5.73 Å². The summed E-state index contributed by atoms with van der Waals surface area (Å²) < 4.78 is 8.59. The number of rotatable bonds is 1. The van der Waals surface area contributed by atoms with Gasteiger partial charge in [-0.2, -0.15) is 8.75 Å². The van der Waals surface area contributed by atoms with Crippen molar-refractivity contribution in [3.63, 3.8) is 0 Å². The van der Waals surface area contributed by atoms with Crippen LogP contribution in [0.4, 0.5) is 5.69 Å². The number of aromatic nitrogens is 2. The van der Waals surface area contributed by atoms with Crippen LogP contribution in [0.25, 0.3) is 22.2 Å². The van der Waals surface area contributed by atoms with E-state index in [0.717, 1.165) is 27.8 Å². The minimum atomic E-state index is 0.774. The number of fused-ring (bicyclic) bond motifs is 1. The topological polar surface area (TPSA) is 51.8 Å². The average molecular weight is 241 g/mol. The molecule has 0 aliphatic carbocycles. The molecule has 1 heterocycles. The van der Waals surface area contributed by atoms with E-state index < -0.39 is 0 Å². The lowest BCUT2D eigenvalue weighted by atomic mass is 10.0. The summed E-state index contributed by atoms with van der Waals surface area (Å²) in [5, 5.41) is 0. The zero-order valence-electron chi connectivity index (χ0n) is 9.34. The molecule has 3 nitrogen and oxygen atoms in total. The predicted octanol–water partition coefficient (Wildman–Crippen LogP) is 3.25. The molecule has 2 aromatic carbocycles. The molecule has 0 unspecified atom stereocenters. The van der Waals surface area contributed by atoms with Crippen molar-refractivity contribution in [1.82, 2.24) is 8.75 Å². The lowest BCUT2D eigenvalue weighted by Crippen LogP contribution is -1.91. The molecule has 0 aliphatic rings. The monoisotopic (exact) mass is 241 g/mol. The molecule has 0 atom stereocenters. The third-order valence-corrected chi connectivity index (χ3v) is 3.33. The Labute approximate surface area is 103 Å². The minimum Gasteiger partial charge on any atom is -0.398 e. The van der Waals surface area contributed by atoms with E-state index in [0.29, 0.717) is 0 Å². The van der Waals surface area contributed by atoms with E-state index in [2.05, 4.69) is 21.7 Å². The van der Waals surface area contributed by atoms with Crippen LogP contribution in [0.3, 0.4) is 0 Å². The van der Waals surface area contributed by atoms with Crippen molar-refractivity contribution in [3.8, 4) is 11.1 Å². The lowest BCUT2D eigenvalue weighted by molar-refractivity contribution is 1.47. The van der Waals surface area contributed by atoms with Gasteiger partial charge in [0.2, 0.25) is 0 Å². The van der Waals surface area contributed by atoms with Gasteiger partial charge in [-0.3, -0.25) is 0 Å². The van der Waals surface area contributed by atoms with Gasteiger partial charge in [0.25, 0.3) is 0 Å². The van der Waals surface area contributed by atoms with Gasteiger partial charge in [-0.25, -0.2) is 0 Å². The van der Waals surface area contributed by atoms with Gasteiger partial charge in [0.15, 0.2) is 0 Å². The zero-order valence-corrected chi connectivity index (χ0v) is 10.2. The molecule has 0 bridgehead atoms. The molecule has 0 aliphatic heterocycles. The summed E-state index contributed by atoms with van der Waals surface area (Å²) in [6, 6.07) is 12.0. The van der Waals surface area contributed by atoms with Gasteiger partial charge in [-0.1, -0.05) is 23.8 Å². The maximum absolute atomic E-state index is 6.04. The molecule has 3 aromatic rings. The van der Waals surface area contributed by atoms with Gasteiger partial charge in [0, 0.05) is 16.8 Å². The highest BCUT2D eigenvalue weighted by Crippen LogP contribution is 2.31. The molecule has 0 spiro atoms. The molecule has 0 fully saturated rings. The smallest absolute Gasteiger partial charge is 0.112 e. The number of aryl methyl sites for hydroxylation is 1. The van der Waals surface area contributed by atoms with Crippen LogP contribution in [0.5, 0.6) is 0 Å². The standard InChI is InChI=1S/C13H11N3S/c1-8-5-6-11(14)10(7-8)9-3-2-4-12-13(9)16-17-15-12/h2-7H,14H2,1H3. The molecular weight excluding hydrogens is 230 g/mol. The minimum absolute atomic E-state index is 0.774. The van der Waals surface area contributed by atoms with Crippen molar-refractivity contribution in [1.29, 1.82) is 0 Å². The maximum atomic E-state index is 6.04. The molecule has 1 aromatic heterocycles. The van der Waals surface area contributed by atoms with Gasteiger partial charge >= 0.3 is 0 Å². The first-order valence-electron chi connectivity index (χ1n) is 5.33. The van der Waals surface area contributed by atoms with Crippen LogP contribution in [-0.4, -0.2) is 8.75 Å². The summed E-state index contributed by atoms with van der Waals surface area (Å²) in [5.74, 6) is 0. The van der Waals surface area contributed by atoms with Crippen molar-refractivity contribution < 1.29 is 0 Å². The third kappa shape index (κ3) is 1.66. The fourth-order valence-electron chi connectivity index (χ4n) is 1.93. The van der Waals surface area contributed by atoms with E-state index >= 15 is 0 Å². The summed E-state index contributed by atoms with van der Waals surface area (Å²) in [5.41, 5.74) is 11.9. The number of anilines is 1. The number of nitrogens with two attached hydrogens (primary N) is 1. The highest BCUT2D eigenvalue weighted by Gasteiger charge is 2.09. The van der Waals surface area contributed by atoms with Crippen LogP contribution in [0.1, 0.15) is 5.56 Å². The molecule has 2 N–H and O–H groups in total. The molecular formula is C13H11N3S. The Morgan fingerprint density at radius 2 is 1.94 bits per heavy atom. The van der Waals surface area contributed by atoms with Crippen LogP contribution < -0.4 is 5.73 Å². The molecule has 0 saturated heterocycles. The Balaban J connectivity index is 2.34. The van der Waals surface area contributed by atoms with Gasteiger partial charge in [-0.15, -0.1) is 0 Å². The fraction of sp³-hybridized carbons (Fsp3) is 0.0769. The Morgan fingerprint density at radius 3 is 2.82 bits per heavy atom. The van der Waals surface area contributed by atoms with Crippen LogP contribution in [-0.2, 0) is 0 Å². The van der Waals surface area contributed by atoms with Crippen LogP contribution in [0, 0.1) is 6.92 Å². The first-order valence-corrected chi connectivity index (χ1v) is 6.06. The summed E-state index contributed by atoms with van der Waals surface area (Å²) in [7, 11) is 0. The Kier molecular flexibility index (Phi) is 2.30. The van der Waals surface area contributed by atoms with Crippen LogP contribution in [0.2, 0.25) is 0 Å². The van der Waals surface area contributed by atoms with Crippen molar-refractivity contribution in [2.75, 3.05) is 5.73 Å². The van der Waals surface area contributed by atoms with Gasteiger partial charge < -0.3 is 5.73 Å². The van der Waals surface area contributed by atoms with E-state index in [9.17, 15) is 0 Å². The predicted molar refractivity (Wildman–Crippen MR) is 72.0 cm³/mol.